The molecule has 0 bridgehead atoms. The average Bonchev–Trinajstić information content (AvgIpc) is 2.27. The zero-order valence-electron chi connectivity index (χ0n) is 8.86. The summed E-state index contributed by atoms with van der Waals surface area (Å²) in [5.41, 5.74) is 0. The molecule has 0 saturated carbocycles. The van der Waals surface area contributed by atoms with Crippen molar-refractivity contribution < 1.29 is 19.1 Å². The van der Waals surface area contributed by atoms with Crippen molar-refractivity contribution in [1.82, 2.24) is 9.80 Å². The SMILES string of the molecule is COC(=O)C(=O)N1CCN(C(C)=O)CC1. The lowest BCUT2D eigenvalue weighted by atomic mass is 10.3. The Balaban J connectivity index is 2.47. The van der Waals surface area contributed by atoms with E-state index in [0.29, 0.717) is 26.2 Å². The minimum absolute atomic E-state index is 0.0137. The number of hydrogen-bond donors (Lipinski definition) is 0. The van der Waals surface area contributed by atoms with Crippen molar-refractivity contribution in [2.45, 2.75) is 6.92 Å². The highest BCUT2D eigenvalue weighted by molar-refractivity contribution is 6.32. The van der Waals surface area contributed by atoms with Crippen LogP contribution < -0.4 is 0 Å². The van der Waals surface area contributed by atoms with Crippen molar-refractivity contribution >= 4 is 17.8 Å². The van der Waals surface area contributed by atoms with Crippen molar-refractivity contribution in [3.63, 3.8) is 0 Å². The molecule has 1 fully saturated rings. The van der Waals surface area contributed by atoms with E-state index >= 15 is 0 Å². The Kier molecular flexibility index (Phi) is 3.65. The highest BCUT2D eigenvalue weighted by Gasteiger charge is 2.27. The molecule has 0 N–H and O–H groups in total. The first-order chi connectivity index (χ1) is 7.06. The van der Waals surface area contributed by atoms with Gasteiger partial charge in [0, 0.05) is 33.1 Å². The molecule has 1 saturated heterocycles. The summed E-state index contributed by atoms with van der Waals surface area (Å²) in [5.74, 6) is -1.51. The van der Waals surface area contributed by atoms with Crippen LogP contribution in [0.2, 0.25) is 0 Å². The third-order valence-electron chi connectivity index (χ3n) is 2.37. The molecular formula is C9H14N2O4. The van der Waals surface area contributed by atoms with Crippen LogP contribution in [-0.2, 0) is 19.1 Å². The minimum atomic E-state index is -0.855. The van der Waals surface area contributed by atoms with E-state index < -0.39 is 11.9 Å². The molecule has 1 heterocycles. The van der Waals surface area contributed by atoms with E-state index in [1.807, 2.05) is 0 Å². The van der Waals surface area contributed by atoms with E-state index in [1.54, 1.807) is 4.90 Å². The van der Waals surface area contributed by atoms with Gasteiger partial charge in [-0.1, -0.05) is 0 Å². The van der Waals surface area contributed by atoms with E-state index in [-0.39, 0.29) is 5.91 Å². The molecule has 84 valence electrons. The summed E-state index contributed by atoms with van der Waals surface area (Å²) in [4.78, 5) is 36.3. The molecule has 0 aliphatic carbocycles. The summed E-state index contributed by atoms with van der Waals surface area (Å²) in [6.45, 7) is 3.19. The molecule has 0 aromatic rings. The third-order valence-corrected chi connectivity index (χ3v) is 2.37. The number of methoxy groups -OCH3 is 1. The van der Waals surface area contributed by atoms with Crippen LogP contribution in [0, 0.1) is 0 Å². The number of hydrogen-bond acceptors (Lipinski definition) is 4. The molecule has 1 aliphatic rings. The van der Waals surface area contributed by atoms with Gasteiger partial charge in [-0.05, 0) is 0 Å². The Hall–Kier alpha value is -1.59. The first-order valence-corrected chi connectivity index (χ1v) is 4.69. The van der Waals surface area contributed by atoms with Gasteiger partial charge in [0.25, 0.3) is 0 Å². The molecule has 1 aliphatic heterocycles. The number of ether oxygens (including phenoxy) is 1. The van der Waals surface area contributed by atoms with E-state index in [1.165, 1.54) is 18.9 Å². The maximum Gasteiger partial charge on any atom is 0.396 e. The standard InChI is InChI=1S/C9H14N2O4/c1-7(12)10-3-5-11(6-4-10)8(13)9(14)15-2/h3-6H2,1-2H3. The first-order valence-electron chi connectivity index (χ1n) is 4.69. The van der Waals surface area contributed by atoms with Crippen LogP contribution in [0.15, 0.2) is 0 Å². The molecule has 0 radical (unpaired) electrons. The molecule has 6 heteroatoms. The zero-order chi connectivity index (χ0) is 11.4. The highest BCUT2D eigenvalue weighted by atomic mass is 16.5. The summed E-state index contributed by atoms with van der Waals surface area (Å²) >= 11 is 0. The van der Waals surface area contributed by atoms with E-state index in [9.17, 15) is 14.4 Å². The Morgan fingerprint density at radius 1 is 1.00 bits per heavy atom. The third kappa shape index (κ3) is 2.68. The van der Waals surface area contributed by atoms with Crippen LogP contribution in [0.25, 0.3) is 0 Å². The Morgan fingerprint density at radius 3 is 1.87 bits per heavy atom. The van der Waals surface area contributed by atoms with Gasteiger partial charge in [0.2, 0.25) is 5.91 Å². The largest absolute Gasteiger partial charge is 0.462 e. The Morgan fingerprint density at radius 2 is 1.47 bits per heavy atom. The number of nitrogens with zero attached hydrogens (tertiary/aromatic N) is 2. The summed E-state index contributed by atoms with van der Waals surface area (Å²) in [6.07, 6.45) is 0. The molecule has 0 unspecified atom stereocenters. The van der Waals surface area contributed by atoms with Gasteiger partial charge in [-0.15, -0.1) is 0 Å². The molecule has 0 aromatic heterocycles. The molecule has 6 nitrogen and oxygen atoms in total. The van der Waals surface area contributed by atoms with Crippen molar-refractivity contribution in [3.8, 4) is 0 Å². The lowest BCUT2D eigenvalue weighted by molar-refractivity contribution is -0.159. The average molecular weight is 214 g/mol. The van der Waals surface area contributed by atoms with Gasteiger partial charge in [0.05, 0.1) is 7.11 Å². The Bertz CT molecular complexity index is 282. The fourth-order valence-electron chi connectivity index (χ4n) is 1.44. The molecule has 2 amide bonds. The lowest BCUT2D eigenvalue weighted by Crippen LogP contribution is -2.51. The van der Waals surface area contributed by atoms with Crippen LogP contribution in [0.1, 0.15) is 6.92 Å². The fraction of sp³-hybridized carbons (Fsp3) is 0.667. The zero-order valence-corrected chi connectivity index (χ0v) is 8.86. The van der Waals surface area contributed by atoms with Crippen LogP contribution in [0.3, 0.4) is 0 Å². The summed E-state index contributed by atoms with van der Waals surface area (Å²) in [6, 6.07) is 0. The van der Waals surface area contributed by atoms with Gasteiger partial charge < -0.3 is 14.5 Å². The topological polar surface area (TPSA) is 66.9 Å². The quantitative estimate of drug-likeness (QED) is 0.377. The van der Waals surface area contributed by atoms with E-state index in [2.05, 4.69) is 4.74 Å². The van der Waals surface area contributed by atoms with Crippen LogP contribution >= 0.6 is 0 Å². The second-order valence-corrected chi connectivity index (χ2v) is 3.29. The maximum atomic E-state index is 11.4. The number of esters is 1. The maximum absolute atomic E-state index is 11.4. The summed E-state index contributed by atoms with van der Waals surface area (Å²) < 4.78 is 4.33. The van der Waals surface area contributed by atoms with Gasteiger partial charge in [-0.2, -0.15) is 0 Å². The molecule has 0 spiro atoms. The lowest BCUT2D eigenvalue weighted by Gasteiger charge is -2.33. The number of amides is 2. The van der Waals surface area contributed by atoms with Crippen LogP contribution in [0.4, 0.5) is 0 Å². The number of piperazine rings is 1. The molecule has 0 atom stereocenters. The second-order valence-electron chi connectivity index (χ2n) is 3.29. The first kappa shape index (κ1) is 11.5. The van der Waals surface area contributed by atoms with Crippen LogP contribution in [-0.4, -0.2) is 60.9 Å². The number of carbonyl (C=O) groups is 3. The molecule has 0 aromatic carbocycles. The highest BCUT2D eigenvalue weighted by Crippen LogP contribution is 2.02. The van der Waals surface area contributed by atoms with E-state index in [0.717, 1.165) is 0 Å². The molecule has 1 rings (SSSR count). The summed E-state index contributed by atoms with van der Waals surface area (Å²) in [7, 11) is 1.17. The number of carbonyl (C=O) groups excluding carboxylic acids is 3. The minimum Gasteiger partial charge on any atom is -0.462 e. The van der Waals surface area contributed by atoms with Crippen molar-refractivity contribution in [3.05, 3.63) is 0 Å². The van der Waals surface area contributed by atoms with Gasteiger partial charge >= 0.3 is 11.9 Å². The predicted octanol–water partition coefficient (Wildman–Crippen LogP) is -1.15. The van der Waals surface area contributed by atoms with Crippen molar-refractivity contribution in [1.29, 1.82) is 0 Å². The van der Waals surface area contributed by atoms with Crippen molar-refractivity contribution in [2.75, 3.05) is 33.3 Å². The summed E-state index contributed by atoms with van der Waals surface area (Å²) in [5, 5.41) is 0. The smallest absolute Gasteiger partial charge is 0.396 e. The predicted molar refractivity (Wildman–Crippen MR) is 50.9 cm³/mol. The second kappa shape index (κ2) is 4.77. The van der Waals surface area contributed by atoms with Gasteiger partial charge in [-0.3, -0.25) is 9.59 Å². The molecule has 15 heavy (non-hydrogen) atoms. The van der Waals surface area contributed by atoms with Crippen molar-refractivity contribution in [2.24, 2.45) is 0 Å². The monoisotopic (exact) mass is 214 g/mol. The normalized spacial score (nSPS) is 16.1. The van der Waals surface area contributed by atoms with Crippen LogP contribution in [0.5, 0.6) is 0 Å². The van der Waals surface area contributed by atoms with Gasteiger partial charge in [0.15, 0.2) is 0 Å². The van der Waals surface area contributed by atoms with Gasteiger partial charge in [-0.25, -0.2) is 4.79 Å². The Labute approximate surface area is 87.8 Å². The molecular weight excluding hydrogens is 200 g/mol. The fourth-order valence-corrected chi connectivity index (χ4v) is 1.44. The van der Waals surface area contributed by atoms with Gasteiger partial charge in [0.1, 0.15) is 0 Å². The van der Waals surface area contributed by atoms with E-state index in [4.69, 9.17) is 0 Å². The number of rotatable bonds is 0.